The molecule has 0 amide bonds. The molecule has 7 heteroatoms. The Kier molecular flexibility index (Phi) is 8.90. The van der Waals surface area contributed by atoms with Gasteiger partial charge in [0, 0.05) is 32.3 Å². The number of methoxy groups -OCH3 is 1. The molecule has 2 aliphatic rings. The van der Waals surface area contributed by atoms with Crippen LogP contribution in [0.15, 0.2) is 42.5 Å². The van der Waals surface area contributed by atoms with Crippen LogP contribution in [-0.2, 0) is 33.8 Å². The first-order chi connectivity index (χ1) is 20.0. The number of esters is 1. The lowest BCUT2D eigenvalue weighted by molar-refractivity contribution is -0.165. The minimum Gasteiger partial charge on any atom is -0.488 e. The Morgan fingerprint density at radius 1 is 1.10 bits per heavy atom. The maximum Gasteiger partial charge on any atom is 0.312 e. The van der Waals surface area contributed by atoms with E-state index in [4.69, 9.17) is 19.2 Å². The van der Waals surface area contributed by atoms with E-state index in [0.29, 0.717) is 26.1 Å². The summed E-state index contributed by atoms with van der Waals surface area (Å²) < 4.78 is 18.0. The van der Waals surface area contributed by atoms with Crippen molar-refractivity contribution in [3.8, 4) is 17.0 Å². The Hall–Kier alpha value is -3.42. The van der Waals surface area contributed by atoms with E-state index in [-0.39, 0.29) is 18.0 Å². The summed E-state index contributed by atoms with van der Waals surface area (Å²) in [5.74, 6) is 1.23. The molecule has 0 bridgehead atoms. The van der Waals surface area contributed by atoms with Gasteiger partial charge in [0.05, 0.1) is 17.7 Å². The SMILES string of the molecule is CO[C@H]1CN(c2cccc(-c3cc(C)cc(C)c3OCc3cc(C)c4c(c3)CCNC4)n2)CC[C@@H]1C(=O)OC(C)(C)C. The molecule has 0 radical (unpaired) electrons. The van der Waals surface area contributed by atoms with Gasteiger partial charge in [-0.2, -0.15) is 0 Å². The van der Waals surface area contributed by atoms with E-state index in [9.17, 15) is 4.79 Å². The summed E-state index contributed by atoms with van der Waals surface area (Å²) >= 11 is 0. The highest BCUT2D eigenvalue weighted by atomic mass is 16.6. The van der Waals surface area contributed by atoms with E-state index < -0.39 is 5.60 Å². The van der Waals surface area contributed by atoms with Gasteiger partial charge in [-0.3, -0.25) is 4.79 Å². The molecule has 0 aliphatic carbocycles. The molecule has 7 nitrogen and oxygen atoms in total. The fraction of sp³-hybridized carbons (Fsp3) is 0.486. The first kappa shape index (κ1) is 30.1. The highest BCUT2D eigenvalue weighted by Gasteiger charge is 2.37. The van der Waals surface area contributed by atoms with Gasteiger partial charge in [-0.05, 0) is 113 Å². The van der Waals surface area contributed by atoms with Gasteiger partial charge < -0.3 is 24.4 Å². The molecule has 0 saturated carbocycles. The molecule has 1 saturated heterocycles. The average Bonchev–Trinajstić information content (AvgIpc) is 2.95. The fourth-order valence-electron chi connectivity index (χ4n) is 6.22. The molecule has 3 heterocycles. The monoisotopic (exact) mass is 571 g/mol. The number of ether oxygens (including phenoxy) is 3. The van der Waals surface area contributed by atoms with Gasteiger partial charge in [0.25, 0.3) is 0 Å². The van der Waals surface area contributed by atoms with E-state index in [1.54, 1.807) is 7.11 Å². The molecular formula is C35H45N3O4. The number of carbonyl (C=O) groups excluding carboxylic acids is 1. The van der Waals surface area contributed by atoms with Gasteiger partial charge in [0.2, 0.25) is 0 Å². The van der Waals surface area contributed by atoms with Crippen LogP contribution in [0.25, 0.3) is 11.3 Å². The maximum atomic E-state index is 12.9. The number of rotatable bonds is 7. The zero-order chi connectivity index (χ0) is 30.0. The van der Waals surface area contributed by atoms with Crippen molar-refractivity contribution in [2.75, 3.05) is 31.6 Å². The Bertz CT molecular complexity index is 1440. The number of hydrogen-bond acceptors (Lipinski definition) is 7. The Balaban J connectivity index is 1.37. The predicted molar refractivity (Wildman–Crippen MR) is 167 cm³/mol. The number of pyridine rings is 1. The van der Waals surface area contributed by atoms with Gasteiger partial charge in [-0.25, -0.2) is 4.98 Å². The topological polar surface area (TPSA) is 72.9 Å². The molecular weight excluding hydrogens is 526 g/mol. The van der Waals surface area contributed by atoms with Crippen molar-refractivity contribution in [1.82, 2.24) is 10.3 Å². The lowest BCUT2D eigenvalue weighted by atomic mass is 9.93. The molecule has 42 heavy (non-hydrogen) atoms. The Morgan fingerprint density at radius 3 is 2.67 bits per heavy atom. The van der Waals surface area contributed by atoms with Gasteiger partial charge in [0.1, 0.15) is 23.8 Å². The number of piperidine rings is 1. The Labute approximate surface area is 250 Å². The van der Waals surface area contributed by atoms with Gasteiger partial charge >= 0.3 is 5.97 Å². The summed E-state index contributed by atoms with van der Waals surface area (Å²) in [6.07, 6.45) is 1.43. The van der Waals surface area contributed by atoms with Crippen LogP contribution in [0.1, 0.15) is 60.6 Å². The summed E-state index contributed by atoms with van der Waals surface area (Å²) in [6, 6.07) is 15.0. The lowest BCUT2D eigenvalue weighted by Crippen LogP contribution is -2.49. The molecule has 1 N–H and O–H groups in total. The summed E-state index contributed by atoms with van der Waals surface area (Å²) in [6.45, 7) is 15.8. The lowest BCUT2D eigenvalue weighted by Gasteiger charge is -2.38. The second kappa shape index (κ2) is 12.4. The van der Waals surface area contributed by atoms with Crippen molar-refractivity contribution in [2.45, 2.75) is 79.2 Å². The van der Waals surface area contributed by atoms with Crippen LogP contribution >= 0.6 is 0 Å². The number of benzene rings is 2. The quantitative estimate of drug-likeness (QED) is 0.345. The number of nitrogens with zero attached hydrogens (tertiary/aromatic N) is 2. The smallest absolute Gasteiger partial charge is 0.312 e. The zero-order valence-corrected chi connectivity index (χ0v) is 26.2. The number of nitrogens with one attached hydrogen (secondary N) is 1. The number of anilines is 1. The molecule has 3 aromatic rings. The van der Waals surface area contributed by atoms with Crippen LogP contribution in [0.4, 0.5) is 5.82 Å². The fourth-order valence-corrected chi connectivity index (χ4v) is 6.22. The van der Waals surface area contributed by atoms with Crippen LogP contribution in [0.2, 0.25) is 0 Å². The van der Waals surface area contributed by atoms with E-state index in [0.717, 1.165) is 53.5 Å². The third-order valence-electron chi connectivity index (χ3n) is 8.21. The third-order valence-corrected chi connectivity index (χ3v) is 8.21. The highest BCUT2D eigenvalue weighted by Crippen LogP contribution is 2.36. The minimum absolute atomic E-state index is 0.196. The van der Waals surface area contributed by atoms with E-state index in [1.807, 2.05) is 39.0 Å². The first-order valence-electron chi connectivity index (χ1n) is 15.1. The number of aryl methyl sites for hydroxylation is 3. The van der Waals surface area contributed by atoms with E-state index >= 15 is 0 Å². The minimum atomic E-state index is -0.523. The first-order valence-corrected chi connectivity index (χ1v) is 15.1. The molecule has 224 valence electrons. The van der Waals surface area contributed by atoms with Crippen LogP contribution in [0.3, 0.4) is 0 Å². The largest absolute Gasteiger partial charge is 0.488 e. The predicted octanol–water partition coefficient (Wildman–Crippen LogP) is 6.08. The number of aromatic nitrogens is 1. The second-order valence-electron chi connectivity index (χ2n) is 12.8. The van der Waals surface area contributed by atoms with E-state index in [2.05, 4.69) is 55.3 Å². The van der Waals surface area contributed by atoms with Crippen LogP contribution in [0, 0.1) is 26.7 Å². The van der Waals surface area contributed by atoms with Crippen molar-refractivity contribution in [2.24, 2.45) is 5.92 Å². The average molecular weight is 572 g/mol. The van der Waals surface area contributed by atoms with Gasteiger partial charge in [0.15, 0.2) is 0 Å². The zero-order valence-electron chi connectivity index (χ0n) is 26.2. The molecule has 5 rings (SSSR count). The molecule has 1 fully saturated rings. The molecule has 0 unspecified atom stereocenters. The second-order valence-corrected chi connectivity index (χ2v) is 12.8. The molecule has 2 aliphatic heterocycles. The summed E-state index contributed by atoms with van der Waals surface area (Å²) in [7, 11) is 1.66. The van der Waals surface area contributed by atoms with Crippen LogP contribution in [-0.4, -0.2) is 49.4 Å². The molecule has 0 spiro atoms. The van der Waals surface area contributed by atoms with Crippen molar-refractivity contribution in [3.05, 3.63) is 75.8 Å². The number of hydrogen-bond donors (Lipinski definition) is 1. The van der Waals surface area contributed by atoms with Gasteiger partial charge in [-0.1, -0.05) is 24.3 Å². The van der Waals surface area contributed by atoms with Crippen molar-refractivity contribution >= 4 is 11.8 Å². The third kappa shape index (κ3) is 6.79. The van der Waals surface area contributed by atoms with Crippen molar-refractivity contribution < 1.29 is 19.0 Å². The van der Waals surface area contributed by atoms with Crippen LogP contribution < -0.4 is 15.0 Å². The summed E-state index contributed by atoms with van der Waals surface area (Å²) in [4.78, 5) is 20.2. The normalized spacial score (nSPS) is 18.9. The summed E-state index contributed by atoms with van der Waals surface area (Å²) in [5, 5.41) is 3.48. The van der Waals surface area contributed by atoms with Crippen molar-refractivity contribution in [3.63, 3.8) is 0 Å². The molecule has 1 aromatic heterocycles. The molecule has 2 aromatic carbocycles. The summed E-state index contributed by atoms with van der Waals surface area (Å²) in [5.41, 5.74) is 8.94. The maximum absolute atomic E-state index is 12.9. The van der Waals surface area contributed by atoms with Gasteiger partial charge in [-0.15, -0.1) is 0 Å². The standard InChI is InChI=1S/C35H45N3O4/c1-22-15-24(3)33(41-21-25-17-23(2)29-19-36-13-11-26(29)18-25)28(16-22)30-9-8-10-32(37-30)38-14-12-27(31(20-38)40-7)34(39)42-35(4,5)6/h8-10,15-18,27,31,36H,11-14,19-21H2,1-7H3/t27-,31-/m0/s1. The number of fused-ring (bicyclic) bond motifs is 1. The number of carbonyl (C=O) groups is 1. The highest BCUT2D eigenvalue weighted by molar-refractivity contribution is 5.74. The van der Waals surface area contributed by atoms with Crippen LogP contribution in [0.5, 0.6) is 5.75 Å². The van der Waals surface area contributed by atoms with Crippen molar-refractivity contribution in [1.29, 1.82) is 0 Å². The van der Waals surface area contributed by atoms with E-state index in [1.165, 1.54) is 22.3 Å². The molecule has 2 atom stereocenters. The Morgan fingerprint density at radius 2 is 1.90 bits per heavy atom.